The first-order valence-corrected chi connectivity index (χ1v) is 23.1. The van der Waals surface area contributed by atoms with Crippen molar-refractivity contribution in [3.63, 3.8) is 0 Å². The summed E-state index contributed by atoms with van der Waals surface area (Å²) >= 11 is 0. The number of benzene rings is 10. The van der Waals surface area contributed by atoms with Crippen LogP contribution in [0, 0.1) is 0 Å². The Bertz CT molecular complexity index is 3360. The first kappa shape index (κ1) is 40.0. The summed E-state index contributed by atoms with van der Waals surface area (Å²) < 4.78 is 4.82. The zero-order chi connectivity index (χ0) is 44.9. The summed E-state index contributed by atoms with van der Waals surface area (Å²) in [5.74, 6) is 0. The molecule has 0 aliphatic heterocycles. The van der Waals surface area contributed by atoms with Crippen molar-refractivity contribution in [3.05, 3.63) is 266 Å². The fraction of sp³-hybridized carbons (Fsp3) is 0.0476. The highest BCUT2D eigenvalue weighted by atomic mass is 15.1. The van der Waals surface area contributed by atoms with Crippen molar-refractivity contribution < 1.29 is 0 Å². The molecule has 0 radical (unpaired) electrons. The van der Waals surface area contributed by atoms with Gasteiger partial charge < -0.3 is 18.9 Å². The fourth-order valence-corrected chi connectivity index (χ4v) is 10.2. The quantitative estimate of drug-likeness (QED) is 0.136. The second-order valence-electron chi connectivity index (χ2n) is 17.8. The molecule has 10 aromatic carbocycles. The van der Waals surface area contributed by atoms with Crippen LogP contribution in [0.25, 0.3) is 55.0 Å². The van der Waals surface area contributed by atoms with E-state index >= 15 is 0 Å². The van der Waals surface area contributed by atoms with Gasteiger partial charge in [0.1, 0.15) is 0 Å². The maximum atomic E-state index is 2.41. The van der Waals surface area contributed by atoms with Gasteiger partial charge in [0.2, 0.25) is 0 Å². The summed E-state index contributed by atoms with van der Waals surface area (Å²) in [6.07, 6.45) is 0. The number of hydrogen-bond donors (Lipinski definition) is 0. The van der Waals surface area contributed by atoms with E-state index in [9.17, 15) is 0 Å². The smallest absolute Gasteiger partial charge is 0.0542 e. The largest absolute Gasteiger partial charge is 0.310 e. The van der Waals surface area contributed by atoms with Crippen LogP contribution < -0.4 is 9.80 Å². The molecular formula is C63H48N4. The lowest BCUT2D eigenvalue weighted by Crippen LogP contribution is -2.19. The first-order chi connectivity index (χ1) is 33.0. The van der Waals surface area contributed by atoms with Crippen LogP contribution in [-0.2, 0) is 5.41 Å². The Morgan fingerprint density at radius 3 is 0.910 bits per heavy atom. The van der Waals surface area contributed by atoms with Crippen molar-refractivity contribution >= 4 is 77.7 Å². The van der Waals surface area contributed by atoms with Crippen LogP contribution in [0.15, 0.2) is 255 Å². The Balaban J connectivity index is 0.877. The van der Waals surface area contributed by atoms with E-state index in [4.69, 9.17) is 0 Å². The molecule has 0 atom stereocenters. The highest BCUT2D eigenvalue weighted by molar-refractivity contribution is 6.12. The summed E-state index contributed by atoms with van der Waals surface area (Å²) in [7, 11) is 0. The van der Waals surface area contributed by atoms with E-state index in [2.05, 4.69) is 288 Å². The maximum Gasteiger partial charge on any atom is 0.0542 e. The Hall–Kier alpha value is -8.60. The number of anilines is 6. The topological polar surface area (TPSA) is 16.3 Å². The minimum Gasteiger partial charge on any atom is -0.310 e. The molecule has 4 heteroatoms. The van der Waals surface area contributed by atoms with E-state index in [1.54, 1.807) is 0 Å². The Kier molecular flexibility index (Phi) is 9.80. The van der Waals surface area contributed by atoms with Gasteiger partial charge in [0.05, 0.1) is 22.1 Å². The molecule has 0 fully saturated rings. The molecule has 0 saturated heterocycles. The van der Waals surface area contributed by atoms with E-state index in [-0.39, 0.29) is 5.41 Å². The van der Waals surface area contributed by atoms with Gasteiger partial charge in [-0.25, -0.2) is 0 Å². The first-order valence-electron chi connectivity index (χ1n) is 23.1. The second-order valence-corrected chi connectivity index (χ2v) is 17.8. The van der Waals surface area contributed by atoms with Gasteiger partial charge in [0.15, 0.2) is 0 Å². The summed E-state index contributed by atoms with van der Waals surface area (Å²) in [5.41, 5.74) is 16.1. The van der Waals surface area contributed by atoms with Gasteiger partial charge in [-0.15, -0.1) is 0 Å². The highest BCUT2D eigenvalue weighted by Crippen LogP contribution is 2.42. The molecule has 2 heterocycles. The van der Waals surface area contributed by atoms with Crippen molar-refractivity contribution in [2.24, 2.45) is 0 Å². The predicted molar refractivity (Wildman–Crippen MR) is 283 cm³/mol. The van der Waals surface area contributed by atoms with Gasteiger partial charge in [0.25, 0.3) is 0 Å². The number of para-hydroxylation sites is 6. The molecule has 0 amide bonds. The molecule has 0 spiro atoms. The lowest BCUT2D eigenvalue weighted by molar-refractivity contribution is 0.640. The van der Waals surface area contributed by atoms with Gasteiger partial charge in [-0.1, -0.05) is 147 Å². The highest BCUT2D eigenvalue weighted by Gasteiger charge is 2.25. The average Bonchev–Trinajstić information content (AvgIpc) is 3.90. The Morgan fingerprint density at radius 1 is 0.269 bits per heavy atom. The van der Waals surface area contributed by atoms with E-state index in [0.717, 1.165) is 45.5 Å². The summed E-state index contributed by atoms with van der Waals surface area (Å²) in [6, 6.07) is 92.1. The number of hydrogen-bond acceptors (Lipinski definition) is 2. The SMILES string of the molecule is CC(C)(c1ccc(-n2c3ccccc3c3cc(N(c4ccccc4)c4ccccc4)ccc32)cc1)c1ccc(-n2c3ccccc3c3cc(N(c4ccccc4)c4ccccc4)ccc32)cc1. The van der Waals surface area contributed by atoms with Crippen LogP contribution >= 0.6 is 0 Å². The standard InChI is InChI=1S/C63H48N4/c1-63(2,45-31-35-51(36-32-45)66-59-29-17-15-27-55(59)57-43-53(39-41-61(57)66)64(47-19-7-3-8-20-47)48-21-9-4-10-22-48)46-33-37-52(38-34-46)67-60-30-18-16-28-56(60)58-44-54(40-42-62(58)67)65(49-23-11-5-12-24-49)50-25-13-6-14-26-50/h3-44H,1-2H3. The van der Waals surface area contributed by atoms with Crippen molar-refractivity contribution in [2.75, 3.05) is 9.80 Å². The van der Waals surface area contributed by atoms with Crippen molar-refractivity contribution in [3.8, 4) is 11.4 Å². The number of rotatable bonds is 10. The van der Waals surface area contributed by atoms with E-state index < -0.39 is 0 Å². The minimum absolute atomic E-state index is 0.237. The summed E-state index contributed by atoms with van der Waals surface area (Å²) in [6.45, 7) is 4.66. The number of aromatic nitrogens is 2. The van der Waals surface area contributed by atoms with Crippen LogP contribution in [0.1, 0.15) is 25.0 Å². The van der Waals surface area contributed by atoms with Crippen molar-refractivity contribution in [1.29, 1.82) is 0 Å². The molecule has 67 heavy (non-hydrogen) atoms. The third-order valence-corrected chi connectivity index (χ3v) is 13.6. The minimum atomic E-state index is -0.237. The molecule has 0 N–H and O–H groups in total. The molecular weight excluding hydrogens is 813 g/mol. The number of nitrogens with zero attached hydrogens (tertiary/aromatic N) is 4. The van der Waals surface area contributed by atoms with E-state index in [1.807, 2.05) is 0 Å². The number of fused-ring (bicyclic) bond motifs is 6. The van der Waals surface area contributed by atoms with E-state index in [1.165, 1.54) is 54.7 Å². The van der Waals surface area contributed by atoms with Crippen LogP contribution in [-0.4, -0.2) is 9.13 Å². The molecule has 0 aliphatic rings. The van der Waals surface area contributed by atoms with Gasteiger partial charge >= 0.3 is 0 Å². The molecule has 0 unspecified atom stereocenters. The molecule has 320 valence electrons. The third kappa shape index (κ3) is 6.93. The monoisotopic (exact) mass is 860 g/mol. The second kappa shape index (κ2) is 16.4. The molecule has 12 rings (SSSR count). The molecule has 2 aromatic heterocycles. The van der Waals surface area contributed by atoms with Gasteiger partial charge in [-0.3, -0.25) is 0 Å². The van der Waals surface area contributed by atoms with Crippen molar-refractivity contribution in [2.45, 2.75) is 19.3 Å². The fourth-order valence-electron chi connectivity index (χ4n) is 10.2. The van der Waals surface area contributed by atoms with Crippen LogP contribution in [0.3, 0.4) is 0 Å². The average molecular weight is 861 g/mol. The van der Waals surface area contributed by atoms with Crippen LogP contribution in [0.4, 0.5) is 34.1 Å². The molecule has 0 bridgehead atoms. The maximum absolute atomic E-state index is 2.41. The molecule has 0 aliphatic carbocycles. The Labute approximate surface area is 391 Å². The van der Waals surface area contributed by atoms with Crippen molar-refractivity contribution in [1.82, 2.24) is 9.13 Å². The van der Waals surface area contributed by atoms with Gasteiger partial charge in [0, 0.05) is 72.5 Å². The third-order valence-electron chi connectivity index (χ3n) is 13.6. The zero-order valence-corrected chi connectivity index (χ0v) is 37.5. The van der Waals surface area contributed by atoms with Gasteiger partial charge in [-0.2, -0.15) is 0 Å². The molecule has 4 nitrogen and oxygen atoms in total. The lowest BCUT2D eigenvalue weighted by Gasteiger charge is -2.27. The summed E-state index contributed by atoms with van der Waals surface area (Å²) in [4.78, 5) is 4.67. The van der Waals surface area contributed by atoms with Crippen LogP contribution in [0.5, 0.6) is 0 Å². The Morgan fingerprint density at radius 2 is 0.567 bits per heavy atom. The molecule has 0 saturated carbocycles. The van der Waals surface area contributed by atoms with E-state index in [0.29, 0.717) is 0 Å². The summed E-state index contributed by atoms with van der Waals surface area (Å²) in [5, 5.41) is 4.91. The molecule has 12 aromatic rings. The van der Waals surface area contributed by atoms with Crippen LogP contribution in [0.2, 0.25) is 0 Å². The zero-order valence-electron chi connectivity index (χ0n) is 37.5. The predicted octanol–water partition coefficient (Wildman–Crippen LogP) is 17.1. The normalized spacial score (nSPS) is 11.7. The lowest BCUT2D eigenvalue weighted by atomic mass is 9.78. The van der Waals surface area contributed by atoms with Gasteiger partial charge in [-0.05, 0) is 132 Å².